The number of amides is 1. The highest BCUT2D eigenvalue weighted by Gasteiger charge is 2.22. The Kier molecular flexibility index (Phi) is 3.77. The highest BCUT2D eigenvalue weighted by Crippen LogP contribution is 2.31. The fourth-order valence-electron chi connectivity index (χ4n) is 2.75. The lowest BCUT2D eigenvalue weighted by Crippen LogP contribution is -2.33. The summed E-state index contributed by atoms with van der Waals surface area (Å²) in [6.45, 7) is 0. The third kappa shape index (κ3) is 3.16. The van der Waals surface area contributed by atoms with Crippen LogP contribution >= 0.6 is 0 Å². The number of ether oxygens (including phenoxy) is 1. The number of benzene rings is 2. The van der Waals surface area contributed by atoms with Gasteiger partial charge in [-0.3, -0.25) is 0 Å². The molecule has 1 aliphatic carbocycles. The molecular weight excluding hydrogens is 264 g/mol. The summed E-state index contributed by atoms with van der Waals surface area (Å²) in [6.07, 6.45) is 2.54. The summed E-state index contributed by atoms with van der Waals surface area (Å²) in [5, 5.41) is 2.94. The zero-order valence-corrected chi connectivity index (χ0v) is 11.7. The molecule has 0 fully saturated rings. The van der Waals surface area contributed by atoms with E-state index >= 15 is 0 Å². The topological polar surface area (TPSA) is 64.3 Å². The molecule has 0 heterocycles. The molecule has 1 aliphatic rings. The second-order valence-corrected chi connectivity index (χ2v) is 5.25. The van der Waals surface area contributed by atoms with Gasteiger partial charge in [-0.1, -0.05) is 24.3 Å². The third-order valence-electron chi connectivity index (χ3n) is 3.73. The minimum Gasteiger partial charge on any atom is -0.410 e. The van der Waals surface area contributed by atoms with Gasteiger partial charge in [0.2, 0.25) is 0 Å². The van der Waals surface area contributed by atoms with Crippen LogP contribution in [0, 0.1) is 0 Å². The van der Waals surface area contributed by atoms with E-state index in [0.29, 0.717) is 5.75 Å². The average Bonchev–Trinajstić information content (AvgIpc) is 2.48. The molecule has 0 saturated carbocycles. The van der Waals surface area contributed by atoms with Gasteiger partial charge in [-0.15, -0.1) is 0 Å². The standard InChI is InChI=1S/C17H18N2O2/c18-13-9-10-15-12(11-13)5-4-8-16(15)19-17(20)21-14-6-2-1-3-7-14/h1-3,6-7,9-11,16H,4-5,8,18H2,(H,19,20). The Morgan fingerprint density at radius 3 is 2.81 bits per heavy atom. The fourth-order valence-corrected chi connectivity index (χ4v) is 2.75. The molecule has 3 N–H and O–H groups in total. The summed E-state index contributed by atoms with van der Waals surface area (Å²) in [4.78, 5) is 12.0. The zero-order chi connectivity index (χ0) is 14.7. The van der Waals surface area contributed by atoms with Crippen molar-refractivity contribution >= 4 is 11.8 Å². The molecular formula is C17H18N2O2. The van der Waals surface area contributed by atoms with E-state index in [1.54, 1.807) is 12.1 Å². The van der Waals surface area contributed by atoms with Crippen molar-refractivity contribution in [3.05, 3.63) is 59.7 Å². The number of nitrogen functional groups attached to an aromatic ring is 1. The van der Waals surface area contributed by atoms with Crippen molar-refractivity contribution in [2.45, 2.75) is 25.3 Å². The number of aryl methyl sites for hydroxylation is 1. The van der Waals surface area contributed by atoms with Gasteiger partial charge in [0.25, 0.3) is 0 Å². The monoisotopic (exact) mass is 282 g/mol. The molecule has 0 aromatic heterocycles. The number of carbonyl (C=O) groups excluding carboxylic acids is 1. The second kappa shape index (κ2) is 5.87. The molecule has 4 nitrogen and oxygen atoms in total. The van der Waals surface area contributed by atoms with Crippen LogP contribution in [0.3, 0.4) is 0 Å². The van der Waals surface area contributed by atoms with Gasteiger partial charge in [-0.25, -0.2) is 4.79 Å². The smallest absolute Gasteiger partial charge is 0.410 e. The highest BCUT2D eigenvalue weighted by atomic mass is 16.6. The first-order chi connectivity index (χ1) is 10.2. The normalized spacial score (nSPS) is 16.9. The van der Waals surface area contributed by atoms with E-state index in [0.717, 1.165) is 30.5 Å². The van der Waals surface area contributed by atoms with Crippen LogP contribution in [-0.2, 0) is 6.42 Å². The lowest BCUT2D eigenvalue weighted by atomic mass is 9.87. The summed E-state index contributed by atoms with van der Waals surface area (Å²) < 4.78 is 5.28. The molecule has 1 atom stereocenters. The number of anilines is 1. The molecule has 21 heavy (non-hydrogen) atoms. The van der Waals surface area contributed by atoms with Crippen molar-refractivity contribution in [1.82, 2.24) is 5.32 Å². The van der Waals surface area contributed by atoms with E-state index in [2.05, 4.69) is 5.32 Å². The van der Waals surface area contributed by atoms with Gasteiger partial charge in [0.15, 0.2) is 0 Å². The summed E-state index contributed by atoms with van der Waals surface area (Å²) in [7, 11) is 0. The van der Waals surface area contributed by atoms with E-state index < -0.39 is 6.09 Å². The van der Waals surface area contributed by atoms with Gasteiger partial charge >= 0.3 is 6.09 Å². The van der Waals surface area contributed by atoms with Gasteiger partial charge < -0.3 is 15.8 Å². The Hall–Kier alpha value is -2.49. The molecule has 0 bridgehead atoms. The van der Waals surface area contributed by atoms with Crippen LogP contribution in [0.4, 0.5) is 10.5 Å². The van der Waals surface area contributed by atoms with Crippen LogP contribution in [0.1, 0.15) is 30.0 Å². The Labute approximate surface area is 123 Å². The van der Waals surface area contributed by atoms with Gasteiger partial charge in [-0.2, -0.15) is 0 Å². The number of hydrogen-bond donors (Lipinski definition) is 2. The number of nitrogens with two attached hydrogens (primary N) is 1. The molecule has 1 amide bonds. The quantitative estimate of drug-likeness (QED) is 0.829. The van der Waals surface area contributed by atoms with Crippen molar-refractivity contribution < 1.29 is 9.53 Å². The van der Waals surface area contributed by atoms with E-state index in [9.17, 15) is 4.79 Å². The number of para-hydroxylation sites is 1. The largest absolute Gasteiger partial charge is 0.413 e. The Bertz CT molecular complexity index is 640. The molecule has 0 saturated heterocycles. The van der Waals surface area contributed by atoms with E-state index in [4.69, 9.17) is 10.5 Å². The van der Waals surface area contributed by atoms with E-state index in [-0.39, 0.29) is 6.04 Å². The number of hydrogen-bond acceptors (Lipinski definition) is 3. The van der Waals surface area contributed by atoms with Crippen LogP contribution in [0.25, 0.3) is 0 Å². The lowest BCUT2D eigenvalue weighted by molar-refractivity contribution is 0.194. The predicted molar refractivity (Wildman–Crippen MR) is 82.1 cm³/mol. The van der Waals surface area contributed by atoms with Crippen LogP contribution in [0.15, 0.2) is 48.5 Å². The molecule has 0 aliphatic heterocycles. The van der Waals surface area contributed by atoms with Crippen LogP contribution in [-0.4, -0.2) is 6.09 Å². The summed E-state index contributed by atoms with van der Waals surface area (Å²) in [5.74, 6) is 0.545. The lowest BCUT2D eigenvalue weighted by Gasteiger charge is -2.26. The summed E-state index contributed by atoms with van der Waals surface area (Å²) in [6, 6.07) is 14.9. The fraction of sp³-hybridized carbons (Fsp3) is 0.235. The molecule has 108 valence electrons. The first-order valence-electron chi connectivity index (χ1n) is 7.14. The third-order valence-corrected chi connectivity index (χ3v) is 3.73. The first kappa shape index (κ1) is 13.5. The van der Waals surface area contributed by atoms with Gasteiger partial charge in [0, 0.05) is 5.69 Å². The second-order valence-electron chi connectivity index (χ2n) is 5.25. The maximum Gasteiger partial charge on any atom is 0.413 e. The molecule has 0 spiro atoms. The maximum atomic E-state index is 12.0. The SMILES string of the molecule is Nc1ccc2c(c1)CCCC2NC(=O)Oc1ccccc1. The van der Waals surface area contributed by atoms with E-state index in [1.807, 2.05) is 36.4 Å². The Balaban J connectivity index is 1.70. The van der Waals surface area contributed by atoms with Gasteiger partial charge in [0.05, 0.1) is 6.04 Å². The molecule has 0 radical (unpaired) electrons. The number of fused-ring (bicyclic) bond motifs is 1. The highest BCUT2D eigenvalue weighted by molar-refractivity contribution is 5.71. The number of rotatable bonds is 2. The first-order valence-corrected chi connectivity index (χ1v) is 7.14. The van der Waals surface area contributed by atoms with Crippen molar-refractivity contribution in [3.8, 4) is 5.75 Å². The molecule has 4 heteroatoms. The van der Waals surface area contributed by atoms with Crippen LogP contribution < -0.4 is 15.8 Å². The molecule has 1 unspecified atom stereocenters. The molecule has 2 aromatic rings. The van der Waals surface area contributed by atoms with Crippen molar-refractivity contribution in [3.63, 3.8) is 0 Å². The van der Waals surface area contributed by atoms with Crippen molar-refractivity contribution in [2.24, 2.45) is 0 Å². The van der Waals surface area contributed by atoms with Crippen molar-refractivity contribution in [2.75, 3.05) is 5.73 Å². The maximum absolute atomic E-state index is 12.0. The summed E-state index contributed by atoms with van der Waals surface area (Å²) >= 11 is 0. The minimum atomic E-state index is -0.420. The zero-order valence-electron chi connectivity index (χ0n) is 11.7. The van der Waals surface area contributed by atoms with Crippen LogP contribution in [0.5, 0.6) is 5.75 Å². The number of carbonyl (C=O) groups is 1. The van der Waals surface area contributed by atoms with Crippen LogP contribution in [0.2, 0.25) is 0 Å². The minimum absolute atomic E-state index is 0.00874. The number of nitrogens with one attached hydrogen (secondary N) is 1. The molecule has 3 rings (SSSR count). The van der Waals surface area contributed by atoms with Crippen molar-refractivity contribution in [1.29, 1.82) is 0 Å². The Morgan fingerprint density at radius 1 is 1.19 bits per heavy atom. The summed E-state index contributed by atoms with van der Waals surface area (Å²) in [5.41, 5.74) is 8.94. The van der Waals surface area contributed by atoms with E-state index in [1.165, 1.54) is 5.56 Å². The van der Waals surface area contributed by atoms with Gasteiger partial charge in [-0.05, 0) is 54.7 Å². The molecule has 2 aromatic carbocycles. The Morgan fingerprint density at radius 2 is 2.00 bits per heavy atom. The average molecular weight is 282 g/mol. The predicted octanol–water partition coefficient (Wildman–Crippen LogP) is 3.43. The van der Waals surface area contributed by atoms with Gasteiger partial charge in [0.1, 0.15) is 5.75 Å².